The number of benzene rings is 1. The molecule has 1 heterocycles. The molecule has 5 heteroatoms. The van der Waals surface area contributed by atoms with E-state index in [0.29, 0.717) is 17.3 Å². The molecule has 0 saturated heterocycles. The van der Waals surface area contributed by atoms with Crippen LogP contribution in [0.1, 0.15) is 29.8 Å². The smallest absolute Gasteiger partial charge is 0.122 e. The minimum Gasteiger partial charge on any atom is -0.496 e. The molecule has 1 aromatic carbocycles. The quantitative estimate of drug-likeness (QED) is 0.937. The largest absolute Gasteiger partial charge is 0.496 e. The third kappa shape index (κ3) is 2.60. The molecule has 0 amide bonds. The maximum absolute atomic E-state index is 10.5. The molecular weight excluding hydrogens is 264 g/mol. The summed E-state index contributed by atoms with van der Waals surface area (Å²) in [5.74, 6) is 0.746. The Morgan fingerprint density at radius 3 is 2.84 bits per heavy atom. The lowest BCUT2D eigenvalue weighted by molar-refractivity contribution is 0.207. The minimum absolute atomic E-state index is 0.467. The van der Waals surface area contributed by atoms with Gasteiger partial charge in [-0.2, -0.15) is 5.10 Å². The van der Waals surface area contributed by atoms with Gasteiger partial charge in [0.2, 0.25) is 0 Å². The zero-order valence-electron chi connectivity index (χ0n) is 11.2. The van der Waals surface area contributed by atoms with Gasteiger partial charge < -0.3 is 9.84 Å². The maximum atomic E-state index is 10.5. The molecular formula is C14H17ClN2O2. The van der Waals surface area contributed by atoms with E-state index in [1.165, 1.54) is 0 Å². The van der Waals surface area contributed by atoms with Crippen molar-refractivity contribution < 1.29 is 9.84 Å². The number of hydrogen-bond donors (Lipinski definition) is 1. The predicted octanol–water partition coefficient (Wildman–Crippen LogP) is 2.96. The average Bonchev–Trinajstić information content (AvgIpc) is 2.79. The molecule has 2 aromatic rings. The molecule has 19 heavy (non-hydrogen) atoms. The highest BCUT2D eigenvalue weighted by atomic mass is 35.5. The second kappa shape index (κ2) is 5.63. The van der Waals surface area contributed by atoms with Crippen molar-refractivity contribution in [2.45, 2.75) is 26.5 Å². The number of aliphatic hydroxyl groups is 1. The molecule has 4 nitrogen and oxygen atoms in total. The third-order valence-corrected chi connectivity index (χ3v) is 3.43. The van der Waals surface area contributed by atoms with E-state index < -0.39 is 6.10 Å². The zero-order chi connectivity index (χ0) is 14.0. The van der Waals surface area contributed by atoms with Crippen LogP contribution in [-0.2, 0) is 6.54 Å². The summed E-state index contributed by atoms with van der Waals surface area (Å²) in [5.41, 5.74) is 2.36. The van der Waals surface area contributed by atoms with Crippen LogP contribution in [0.3, 0.4) is 0 Å². The highest BCUT2D eigenvalue weighted by molar-refractivity contribution is 6.31. The van der Waals surface area contributed by atoms with Gasteiger partial charge in [0.05, 0.1) is 24.0 Å². The van der Waals surface area contributed by atoms with Crippen LogP contribution in [0, 0.1) is 6.92 Å². The van der Waals surface area contributed by atoms with Crippen LogP contribution in [0.25, 0.3) is 0 Å². The lowest BCUT2D eigenvalue weighted by Crippen LogP contribution is -2.09. The van der Waals surface area contributed by atoms with Crippen LogP contribution in [0.5, 0.6) is 5.75 Å². The van der Waals surface area contributed by atoms with Gasteiger partial charge >= 0.3 is 0 Å². The van der Waals surface area contributed by atoms with E-state index >= 15 is 0 Å². The first-order valence-corrected chi connectivity index (χ1v) is 6.50. The summed E-state index contributed by atoms with van der Waals surface area (Å²) in [4.78, 5) is 0. The van der Waals surface area contributed by atoms with Crippen molar-refractivity contribution in [2.75, 3.05) is 7.11 Å². The molecule has 0 aliphatic carbocycles. The summed E-state index contributed by atoms with van der Waals surface area (Å²) in [7, 11) is 1.61. The first kappa shape index (κ1) is 13.9. The fourth-order valence-corrected chi connectivity index (χ4v) is 2.30. The molecule has 0 spiro atoms. The number of aliphatic hydroxyl groups excluding tert-OH is 1. The van der Waals surface area contributed by atoms with E-state index in [2.05, 4.69) is 5.10 Å². The van der Waals surface area contributed by atoms with Gasteiger partial charge in [-0.1, -0.05) is 23.7 Å². The number of hydrogen-bond acceptors (Lipinski definition) is 3. The Labute approximate surface area is 117 Å². The van der Waals surface area contributed by atoms with Gasteiger partial charge in [-0.25, -0.2) is 0 Å². The number of rotatable bonds is 4. The lowest BCUT2D eigenvalue weighted by Gasteiger charge is -2.15. The Hall–Kier alpha value is -1.52. The van der Waals surface area contributed by atoms with Crippen LogP contribution >= 0.6 is 11.6 Å². The van der Waals surface area contributed by atoms with E-state index in [9.17, 15) is 5.11 Å². The van der Waals surface area contributed by atoms with Crippen LogP contribution in [0.15, 0.2) is 24.4 Å². The van der Waals surface area contributed by atoms with Gasteiger partial charge in [-0.15, -0.1) is 0 Å². The monoisotopic (exact) mass is 280 g/mol. The summed E-state index contributed by atoms with van der Waals surface area (Å²) in [6.07, 6.45) is 0.735. The van der Waals surface area contributed by atoms with E-state index in [1.54, 1.807) is 18.0 Å². The molecule has 1 unspecified atom stereocenters. The standard InChI is InChI=1S/C14H17ClN2O2/c1-4-17-13(11(15)8-16-17)14(18)10-6-5-9(2)12(7-10)19-3/h5-8,14,18H,4H2,1-3H3. The van der Waals surface area contributed by atoms with E-state index in [-0.39, 0.29) is 0 Å². The minimum atomic E-state index is -0.815. The fourth-order valence-electron chi connectivity index (χ4n) is 2.06. The lowest BCUT2D eigenvalue weighted by atomic mass is 10.0. The number of ether oxygens (including phenoxy) is 1. The summed E-state index contributed by atoms with van der Waals surface area (Å²) in [5, 5.41) is 15.1. The molecule has 0 fully saturated rings. The first-order valence-electron chi connectivity index (χ1n) is 6.12. The van der Waals surface area contributed by atoms with Gasteiger partial charge in [-0.3, -0.25) is 4.68 Å². The van der Waals surface area contributed by atoms with E-state index in [1.807, 2.05) is 32.0 Å². The van der Waals surface area contributed by atoms with Gasteiger partial charge in [0.25, 0.3) is 0 Å². The van der Waals surface area contributed by atoms with Crippen molar-refractivity contribution in [3.63, 3.8) is 0 Å². The maximum Gasteiger partial charge on any atom is 0.122 e. The van der Waals surface area contributed by atoms with Crippen molar-refractivity contribution in [1.82, 2.24) is 9.78 Å². The molecule has 0 aliphatic rings. The van der Waals surface area contributed by atoms with Crippen molar-refractivity contribution in [1.29, 1.82) is 0 Å². The molecule has 0 saturated carbocycles. The average molecular weight is 281 g/mol. The number of aryl methyl sites for hydroxylation is 2. The Bertz CT molecular complexity index is 581. The summed E-state index contributed by atoms with van der Waals surface area (Å²) in [6.45, 7) is 4.57. The summed E-state index contributed by atoms with van der Waals surface area (Å²) in [6, 6.07) is 5.60. The van der Waals surface area contributed by atoms with Crippen LogP contribution in [0.2, 0.25) is 5.02 Å². The number of aromatic nitrogens is 2. The number of methoxy groups -OCH3 is 1. The first-order chi connectivity index (χ1) is 9.08. The predicted molar refractivity (Wildman–Crippen MR) is 74.7 cm³/mol. The van der Waals surface area contributed by atoms with Crippen molar-refractivity contribution >= 4 is 11.6 Å². The van der Waals surface area contributed by atoms with Gasteiger partial charge in [-0.05, 0) is 31.0 Å². The highest BCUT2D eigenvalue weighted by Gasteiger charge is 2.20. The number of halogens is 1. The molecule has 1 N–H and O–H groups in total. The van der Waals surface area contributed by atoms with E-state index in [0.717, 1.165) is 16.9 Å². The second-order valence-electron chi connectivity index (χ2n) is 4.33. The molecule has 0 aliphatic heterocycles. The molecule has 1 atom stereocenters. The summed E-state index contributed by atoms with van der Waals surface area (Å²) < 4.78 is 6.97. The van der Waals surface area contributed by atoms with Crippen LogP contribution < -0.4 is 4.74 Å². The Balaban J connectivity index is 2.43. The zero-order valence-corrected chi connectivity index (χ0v) is 12.0. The number of nitrogens with zero attached hydrogens (tertiary/aromatic N) is 2. The van der Waals surface area contributed by atoms with Gasteiger partial charge in [0.1, 0.15) is 11.9 Å². The molecule has 2 rings (SSSR count). The Morgan fingerprint density at radius 1 is 1.47 bits per heavy atom. The third-order valence-electron chi connectivity index (χ3n) is 3.14. The van der Waals surface area contributed by atoms with Gasteiger partial charge in [0.15, 0.2) is 0 Å². The normalized spacial score (nSPS) is 12.5. The van der Waals surface area contributed by atoms with Crippen molar-refractivity contribution in [3.8, 4) is 5.75 Å². The molecule has 1 aromatic heterocycles. The highest BCUT2D eigenvalue weighted by Crippen LogP contribution is 2.31. The second-order valence-corrected chi connectivity index (χ2v) is 4.73. The Kier molecular flexibility index (Phi) is 4.12. The van der Waals surface area contributed by atoms with Crippen molar-refractivity contribution in [3.05, 3.63) is 46.2 Å². The molecule has 0 bridgehead atoms. The van der Waals surface area contributed by atoms with E-state index in [4.69, 9.17) is 16.3 Å². The topological polar surface area (TPSA) is 47.3 Å². The fraction of sp³-hybridized carbons (Fsp3) is 0.357. The molecule has 102 valence electrons. The summed E-state index contributed by atoms with van der Waals surface area (Å²) >= 11 is 6.10. The van der Waals surface area contributed by atoms with Crippen LogP contribution in [0.4, 0.5) is 0 Å². The van der Waals surface area contributed by atoms with Crippen LogP contribution in [-0.4, -0.2) is 22.0 Å². The van der Waals surface area contributed by atoms with Gasteiger partial charge in [0, 0.05) is 6.54 Å². The Morgan fingerprint density at radius 2 is 2.21 bits per heavy atom. The van der Waals surface area contributed by atoms with Crippen molar-refractivity contribution in [2.24, 2.45) is 0 Å². The molecule has 0 radical (unpaired) electrons. The SMILES string of the molecule is CCn1ncc(Cl)c1C(O)c1ccc(C)c(OC)c1.